The van der Waals surface area contributed by atoms with E-state index in [1.165, 1.54) is 30.5 Å². The SMILES string of the molecule is N#Cc1ccc([C@]2(O)O[C@H](CO)[C@@H](O)[C@H](O)[C@H]2O)cc1Cc1ccc(C2CC2)cc1. The van der Waals surface area contributed by atoms with Crippen molar-refractivity contribution in [3.05, 3.63) is 70.3 Å². The summed E-state index contributed by atoms with van der Waals surface area (Å²) in [6, 6.07) is 14.8. The number of benzene rings is 2. The van der Waals surface area contributed by atoms with E-state index in [0.29, 0.717) is 23.5 Å². The number of nitrogens with zero attached hydrogens (tertiary/aromatic N) is 1. The van der Waals surface area contributed by atoms with Gasteiger partial charge in [0, 0.05) is 5.56 Å². The minimum Gasteiger partial charge on any atom is -0.394 e. The smallest absolute Gasteiger partial charge is 0.222 e. The van der Waals surface area contributed by atoms with Gasteiger partial charge in [0.15, 0.2) is 0 Å². The Hall–Kier alpha value is -2.31. The highest BCUT2D eigenvalue weighted by molar-refractivity contribution is 5.45. The van der Waals surface area contributed by atoms with E-state index < -0.39 is 36.8 Å². The lowest BCUT2D eigenvalue weighted by Crippen LogP contribution is -2.63. The fraction of sp³-hybridized carbons (Fsp3) is 0.435. The quantitative estimate of drug-likeness (QED) is 0.488. The van der Waals surface area contributed by atoms with E-state index in [4.69, 9.17) is 4.74 Å². The Labute approximate surface area is 174 Å². The van der Waals surface area contributed by atoms with Crippen LogP contribution < -0.4 is 0 Å². The molecule has 158 valence electrons. The molecule has 0 aromatic heterocycles. The van der Waals surface area contributed by atoms with Crippen LogP contribution in [0.25, 0.3) is 0 Å². The molecule has 0 unspecified atom stereocenters. The zero-order valence-corrected chi connectivity index (χ0v) is 16.3. The zero-order valence-electron chi connectivity index (χ0n) is 16.3. The highest BCUT2D eigenvalue weighted by Gasteiger charge is 2.53. The fourth-order valence-corrected chi connectivity index (χ4v) is 4.01. The van der Waals surface area contributed by atoms with Crippen molar-refractivity contribution in [1.29, 1.82) is 5.26 Å². The summed E-state index contributed by atoms with van der Waals surface area (Å²) in [5.74, 6) is -1.69. The average molecular weight is 411 g/mol. The first-order valence-electron chi connectivity index (χ1n) is 10.0. The zero-order chi connectivity index (χ0) is 21.5. The summed E-state index contributed by atoms with van der Waals surface area (Å²) in [4.78, 5) is 0. The van der Waals surface area contributed by atoms with Crippen LogP contribution in [-0.2, 0) is 16.9 Å². The van der Waals surface area contributed by atoms with Crippen molar-refractivity contribution in [2.45, 2.75) is 55.4 Å². The van der Waals surface area contributed by atoms with E-state index in [9.17, 15) is 30.8 Å². The maximum atomic E-state index is 11.0. The molecular formula is C23H25NO6. The maximum Gasteiger partial charge on any atom is 0.222 e. The van der Waals surface area contributed by atoms with Gasteiger partial charge in [-0.25, -0.2) is 0 Å². The summed E-state index contributed by atoms with van der Waals surface area (Å²) in [6.45, 7) is -0.649. The van der Waals surface area contributed by atoms with E-state index in [2.05, 4.69) is 18.2 Å². The van der Waals surface area contributed by atoms with Gasteiger partial charge in [0.2, 0.25) is 5.79 Å². The van der Waals surface area contributed by atoms with E-state index in [0.717, 1.165) is 5.56 Å². The molecule has 0 bridgehead atoms. The Morgan fingerprint density at radius 3 is 2.33 bits per heavy atom. The minimum absolute atomic E-state index is 0.128. The van der Waals surface area contributed by atoms with Gasteiger partial charge < -0.3 is 30.3 Å². The predicted octanol–water partition coefficient (Wildman–Crippen LogP) is 0.645. The van der Waals surface area contributed by atoms with Crippen LogP contribution in [0, 0.1) is 11.3 Å². The van der Waals surface area contributed by atoms with Gasteiger partial charge in [-0.2, -0.15) is 5.26 Å². The second kappa shape index (κ2) is 8.08. The van der Waals surface area contributed by atoms with Gasteiger partial charge in [-0.1, -0.05) is 30.3 Å². The topological polar surface area (TPSA) is 134 Å². The summed E-state index contributed by atoms with van der Waals surface area (Å²) >= 11 is 0. The third-order valence-corrected chi connectivity index (χ3v) is 6.03. The third kappa shape index (κ3) is 3.74. The molecule has 1 heterocycles. The summed E-state index contributed by atoms with van der Waals surface area (Å²) in [7, 11) is 0. The van der Waals surface area contributed by atoms with Crippen LogP contribution >= 0.6 is 0 Å². The van der Waals surface area contributed by atoms with Crippen molar-refractivity contribution in [3.63, 3.8) is 0 Å². The molecule has 1 aliphatic heterocycles. The van der Waals surface area contributed by atoms with Crippen molar-refractivity contribution in [3.8, 4) is 6.07 Å². The second-order valence-corrected chi connectivity index (χ2v) is 8.14. The van der Waals surface area contributed by atoms with E-state index in [1.54, 1.807) is 6.07 Å². The first-order valence-corrected chi connectivity index (χ1v) is 10.0. The van der Waals surface area contributed by atoms with E-state index in [-0.39, 0.29) is 5.56 Å². The van der Waals surface area contributed by atoms with Gasteiger partial charge in [-0.05, 0) is 54.0 Å². The molecule has 5 atom stereocenters. The van der Waals surface area contributed by atoms with Crippen LogP contribution in [0.1, 0.15) is 46.6 Å². The molecule has 0 amide bonds. The Morgan fingerprint density at radius 1 is 1.03 bits per heavy atom. The van der Waals surface area contributed by atoms with Gasteiger partial charge >= 0.3 is 0 Å². The molecule has 2 fully saturated rings. The number of aliphatic hydroxyl groups excluding tert-OH is 4. The van der Waals surface area contributed by atoms with Crippen molar-refractivity contribution in [1.82, 2.24) is 0 Å². The third-order valence-electron chi connectivity index (χ3n) is 6.03. The van der Waals surface area contributed by atoms with Crippen LogP contribution in [-0.4, -0.2) is 56.6 Å². The second-order valence-electron chi connectivity index (χ2n) is 8.14. The number of rotatable bonds is 5. The number of aliphatic hydroxyl groups is 5. The molecular weight excluding hydrogens is 386 g/mol. The molecule has 30 heavy (non-hydrogen) atoms. The molecule has 7 heteroatoms. The Kier molecular flexibility index (Phi) is 5.64. The molecule has 2 aliphatic rings. The Bertz CT molecular complexity index is 949. The summed E-state index contributed by atoms with van der Waals surface area (Å²) in [6.07, 6.45) is -3.51. The number of nitriles is 1. The fourth-order valence-electron chi connectivity index (χ4n) is 4.01. The van der Waals surface area contributed by atoms with Crippen LogP contribution in [0.4, 0.5) is 0 Å². The molecule has 0 radical (unpaired) electrons. The highest BCUT2D eigenvalue weighted by Crippen LogP contribution is 2.40. The number of hydrogen-bond acceptors (Lipinski definition) is 7. The molecule has 1 aliphatic carbocycles. The lowest BCUT2D eigenvalue weighted by Gasteiger charge is -2.45. The van der Waals surface area contributed by atoms with Crippen molar-refractivity contribution >= 4 is 0 Å². The molecule has 5 N–H and O–H groups in total. The molecule has 1 saturated heterocycles. The Morgan fingerprint density at radius 2 is 1.73 bits per heavy atom. The van der Waals surface area contributed by atoms with Gasteiger partial charge in [0.05, 0.1) is 18.2 Å². The van der Waals surface area contributed by atoms with Crippen molar-refractivity contribution in [2.24, 2.45) is 0 Å². The van der Waals surface area contributed by atoms with Gasteiger partial charge in [-0.15, -0.1) is 0 Å². The first kappa shape index (κ1) is 20.9. The molecule has 2 aromatic carbocycles. The van der Waals surface area contributed by atoms with Gasteiger partial charge in [0.1, 0.15) is 24.4 Å². The van der Waals surface area contributed by atoms with Crippen molar-refractivity contribution in [2.75, 3.05) is 6.61 Å². The minimum atomic E-state index is -2.34. The number of ether oxygens (including phenoxy) is 1. The average Bonchev–Trinajstić information content (AvgIpc) is 3.61. The highest BCUT2D eigenvalue weighted by atomic mass is 16.7. The summed E-state index contributed by atoms with van der Waals surface area (Å²) in [5.41, 5.74) is 3.47. The van der Waals surface area contributed by atoms with E-state index >= 15 is 0 Å². The van der Waals surface area contributed by atoms with Crippen molar-refractivity contribution < 1.29 is 30.3 Å². The van der Waals surface area contributed by atoms with Gasteiger partial charge in [0.25, 0.3) is 0 Å². The molecule has 0 spiro atoms. The van der Waals surface area contributed by atoms with Gasteiger partial charge in [-0.3, -0.25) is 0 Å². The lowest BCUT2D eigenvalue weighted by molar-refractivity contribution is -0.357. The van der Waals surface area contributed by atoms with Crippen LogP contribution in [0.15, 0.2) is 42.5 Å². The lowest BCUT2D eigenvalue weighted by atomic mass is 9.86. The molecule has 7 nitrogen and oxygen atoms in total. The largest absolute Gasteiger partial charge is 0.394 e. The first-order chi connectivity index (χ1) is 14.4. The van der Waals surface area contributed by atoms with Crippen LogP contribution in [0.5, 0.6) is 0 Å². The molecule has 4 rings (SSSR count). The summed E-state index contributed by atoms with van der Waals surface area (Å²) < 4.78 is 5.39. The molecule has 2 aromatic rings. The van der Waals surface area contributed by atoms with Crippen LogP contribution in [0.3, 0.4) is 0 Å². The monoisotopic (exact) mass is 411 g/mol. The summed E-state index contributed by atoms with van der Waals surface area (Å²) in [5, 5.41) is 60.4. The molecule has 1 saturated carbocycles. The maximum absolute atomic E-state index is 11.0. The predicted molar refractivity (Wildman–Crippen MR) is 106 cm³/mol. The number of hydrogen-bond donors (Lipinski definition) is 5. The Balaban J connectivity index is 1.65. The van der Waals surface area contributed by atoms with E-state index in [1.807, 2.05) is 12.1 Å². The standard InChI is InChI=1S/C23H25NO6/c24-11-16-7-8-18(23(29)22(28)21(27)20(26)19(12-25)30-23)10-17(16)9-13-1-3-14(4-2-13)15-5-6-15/h1-4,7-8,10,15,19-22,25-29H,5-6,9,12H2/t19-,20-,21+,22-,23+/m1/s1. The normalized spacial score (nSPS) is 31.3. The van der Waals surface area contributed by atoms with Crippen LogP contribution in [0.2, 0.25) is 0 Å².